The van der Waals surface area contributed by atoms with Crippen molar-refractivity contribution in [3.05, 3.63) is 56.8 Å². The van der Waals surface area contributed by atoms with Crippen LogP contribution >= 0.6 is 27.5 Å². The van der Waals surface area contributed by atoms with E-state index in [-0.39, 0.29) is 17.2 Å². The van der Waals surface area contributed by atoms with Crippen molar-refractivity contribution in [1.82, 2.24) is 0 Å². The Hall–Kier alpha value is -1.59. The molecule has 0 aromatic heterocycles. The van der Waals surface area contributed by atoms with E-state index >= 15 is 0 Å². The predicted molar refractivity (Wildman–Crippen MR) is 92.1 cm³/mol. The fraction of sp³-hybridized carbons (Fsp3) is 0.235. The van der Waals surface area contributed by atoms with Gasteiger partial charge in [0, 0.05) is 22.8 Å². The number of ether oxygens (including phenoxy) is 1. The molecule has 0 aliphatic carbocycles. The summed E-state index contributed by atoms with van der Waals surface area (Å²) in [6.45, 7) is 0.596. The number of aryl methyl sites for hydroxylation is 1. The van der Waals surface area contributed by atoms with E-state index in [1.54, 1.807) is 17.0 Å². The lowest BCUT2D eigenvalue weighted by Gasteiger charge is -2.29. The fourth-order valence-electron chi connectivity index (χ4n) is 2.81. The van der Waals surface area contributed by atoms with Crippen LogP contribution in [0.3, 0.4) is 0 Å². The molecule has 1 aliphatic heterocycles. The molecule has 2 aromatic carbocycles. The smallest absolute Gasteiger partial charge is 0.258 e. The number of methoxy groups -OCH3 is 1. The lowest BCUT2D eigenvalue weighted by molar-refractivity contribution is 0.0984. The molecule has 120 valence electrons. The van der Waals surface area contributed by atoms with Crippen LogP contribution in [0.5, 0.6) is 5.75 Å². The molecule has 1 heterocycles. The minimum Gasteiger partial charge on any atom is -0.492 e. The predicted octanol–water partition coefficient (Wildman–Crippen LogP) is 4.84. The van der Waals surface area contributed by atoms with Crippen LogP contribution in [0.2, 0.25) is 5.02 Å². The maximum atomic E-state index is 14.0. The number of amides is 1. The second kappa shape index (κ2) is 6.49. The van der Waals surface area contributed by atoms with Crippen LogP contribution in [-0.4, -0.2) is 19.6 Å². The van der Waals surface area contributed by atoms with Gasteiger partial charge < -0.3 is 9.64 Å². The Labute approximate surface area is 147 Å². The number of anilines is 1. The molecular formula is C17H14BrClFNO2. The van der Waals surface area contributed by atoms with Crippen LogP contribution in [-0.2, 0) is 6.42 Å². The van der Waals surface area contributed by atoms with Crippen molar-refractivity contribution in [2.24, 2.45) is 0 Å². The normalized spacial score (nSPS) is 13.7. The molecule has 0 unspecified atom stereocenters. The second-order valence-corrected chi connectivity index (χ2v) is 6.60. The zero-order valence-electron chi connectivity index (χ0n) is 12.4. The number of fused-ring (bicyclic) bond motifs is 1. The maximum Gasteiger partial charge on any atom is 0.258 e. The summed E-state index contributed by atoms with van der Waals surface area (Å²) in [4.78, 5) is 14.5. The molecule has 0 atom stereocenters. The molecule has 3 nitrogen and oxygen atoms in total. The van der Waals surface area contributed by atoms with Gasteiger partial charge in [0.05, 0.1) is 11.6 Å². The lowest BCUT2D eigenvalue weighted by Crippen LogP contribution is -2.35. The molecule has 6 heteroatoms. The van der Waals surface area contributed by atoms with Crippen LogP contribution in [0.4, 0.5) is 10.1 Å². The third-order valence-electron chi connectivity index (χ3n) is 3.85. The van der Waals surface area contributed by atoms with E-state index in [1.807, 2.05) is 12.1 Å². The van der Waals surface area contributed by atoms with Gasteiger partial charge in [-0.05, 0) is 64.7 Å². The first-order valence-electron chi connectivity index (χ1n) is 7.14. The SMILES string of the molecule is COc1c(F)cc(C(=O)N2CCCc3cc(Cl)ccc32)cc1Br. The molecule has 2 aromatic rings. The molecule has 0 saturated heterocycles. The molecule has 0 bridgehead atoms. The minimum atomic E-state index is -0.571. The Morgan fingerprint density at radius 3 is 2.83 bits per heavy atom. The molecule has 23 heavy (non-hydrogen) atoms. The first kappa shape index (κ1) is 16.3. The standard InChI is InChI=1S/C17H14BrClFNO2/c1-23-16-13(18)8-11(9-14(16)20)17(22)21-6-2-3-10-7-12(19)4-5-15(10)21/h4-5,7-9H,2-3,6H2,1H3. The molecule has 1 aliphatic rings. The number of hydrogen-bond acceptors (Lipinski definition) is 2. The lowest BCUT2D eigenvalue weighted by atomic mass is 10.0. The first-order chi connectivity index (χ1) is 11.0. The van der Waals surface area contributed by atoms with Gasteiger partial charge in [0.2, 0.25) is 0 Å². The Bertz CT molecular complexity index is 758. The zero-order chi connectivity index (χ0) is 16.6. The summed E-state index contributed by atoms with van der Waals surface area (Å²) < 4.78 is 19.4. The van der Waals surface area contributed by atoms with E-state index in [4.69, 9.17) is 16.3 Å². The van der Waals surface area contributed by atoms with Crippen molar-refractivity contribution >= 4 is 39.1 Å². The molecule has 0 fully saturated rings. The van der Waals surface area contributed by atoms with E-state index in [9.17, 15) is 9.18 Å². The molecular weight excluding hydrogens is 385 g/mol. The minimum absolute atomic E-state index is 0.0902. The number of nitrogens with zero attached hydrogens (tertiary/aromatic N) is 1. The number of halogens is 3. The molecule has 0 radical (unpaired) electrons. The maximum absolute atomic E-state index is 14.0. The topological polar surface area (TPSA) is 29.5 Å². The summed E-state index contributed by atoms with van der Waals surface area (Å²) >= 11 is 9.26. The summed E-state index contributed by atoms with van der Waals surface area (Å²) in [6, 6.07) is 8.26. The van der Waals surface area contributed by atoms with Crippen molar-refractivity contribution in [3.8, 4) is 5.75 Å². The van der Waals surface area contributed by atoms with Crippen molar-refractivity contribution in [2.45, 2.75) is 12.8 Å². The van der Waals surface area contributed by atoms with E-state index in [2.05, 4.69) is 15.9 Å². The summed E-state index contributed by atoms with van der Waals surface area (Å²) in [5.41, 5.74) is 2.14. The van der Waals surface area contributed by atoms with E-state index in [1.165, 1.54) is 13.2 Å². The molecule has 3 rings (SSSR count). The quantitative estimate of drug-likeness (QED) is 0.724. The third kappa shape index (κ3) is 3.08. The Kier molecular flexibility index (Phi) is 4.60. The van der Waals surface area contributed by atoms with Crippen molar-refractivity contribution in [1.29, 1.82) is 0 Å². The van der Waals surface area contributed by atoms with Gasteiger partial charge >= 0.3 is 0 Å². The Morgan fingerprint density at radius 1 is 1.35 bits per heavy atom. The highest BCUT2D eigenvalue weighted by atomic mass is 79.9. The number of benzene rings is 2. The highest BCUT2D eigenvalue weighted by Crippen LogP contribution is 2.33. The highest BCUT2D eigenvalue weighted by molar-refractivity contribution is 9.10. The number of carbonyl (C=O) groups is 1. The van der Waals surface area contributed by atoms with Gasteiger partial charge in [-0.2, -0.15) is 0 Å². The van der Waals surface area contributed by atoms with Gasteiger partial charge in [0.15, 0.2) is 11.6 Å². The molecule has 0 N–H and O–H groups in total. The van der Waals surface area contributed by atoms with Gasteiger partial charge in [-0.25, -0.2) is 4.39 Å². The van der Waals surface area contributed by atoms with E-state index in [0.717, 1.165) is 24.1 Å². The number of carbonyl (C=O) groups excluding carboxylic acids is 1. The van der Waals surface area contributed by atoms with Crippen molar-refractivity contribution in [3.63, 3.8) is 0 Å². The Balaban J connectivity index is 1.99. The monoisotopic (exact) mass is 397 g/mol. The van der Waals surface area contributed by atoms with Gasteiger partial charge in [-0.15, -0.1) is 0 Å². The van der Waals surface area contributed by atoms with Crippen LogP contribution in [0, 0.1) is 5.82 Å². The average Bonchev–Trinajstić information content (AvgIpc) is 2.53. The number of rotatable bonds is 2. The zero-order valence-corrected chi connectivity index (χ0v) is 14.7. The summed E-state index contributed by atoms with van der Waals surface area (Å²) in [6.07, 6.45) is 1.72. The summed E-state index contributed by atoms with van der Waals surface area (Å²) in [5.74, 6) is -0.721. The third-order valence-corrected chi connectivity index (χ3v) is 4.68. The van der Waals surface area contributed by atoms with Gasteiger partial charge in [0.1, 0.15) is 0 Å². The van der Waals surface area contributed by atoms with Crippen LogP contribution in [0.15, 0.2) is 34.8 Å². The molecule has 0 saturated carbocycles. The first-order valence-corrected chi connectivity index (χ1v) is 8.31. The number of hydrogen-bond donors (Lipinski definition) is 0. The summed E-state index contributed by atoms with van der Waals surface area (Å²) in [5, 5.41) is 0.649. The van der Waals surface area contributed by atoms with Crippen LogP contribution in [0.25, 0.3) is 0 Å². The molecule has 1 amide bonds. The average molecular weight is 399 g/mol. The van der Waals surface area contributed by atoms with E-state index < -0.39 is 5.82 Å². The highest BCUT2D eigenvalue weighted by Gasteiger charge is 2.25. The van der Waals surface area contributed by atoms with E-state index in [0.29, 0.717) is 16.0 Å². The van der Waals surface area contributed by atoms with Crippen LogP contribution in [0.1, 0.15) is 22.3 Å². The van der Waals surface area contributed by atoms with Gasteiger partial charge in [-0.1, -0.05) is 11.6 Å². The van der Waals surface area contributed by atoms with Gasteiger partial charge in [-0.3, -0.25) is 4.79 Å². The van der Waals surface area contributed by atoms with Crippen LogP contribution < -0.4 is 9.64 Å². The molecule has 0 spiro atoms. The largest absolute Gasteiger partial charge is 0.492 e. The van der Waals surface area contributed by atoms with Crippen molar-refractivity contribution < 1.29 is 13.9 Å². The fourth-order valence-corrected chi connectivity index (χ4v) is 3.60. The van der Waals surface area contributed by atoms with Crippen molar-refractivity contribution in [2.75, 3.05) is 18.6 Å². The Morgan fingerprint density at radius 2 is 2.13 bits per heavy atom. The summed E-state index contributed by atoms with van der Waals surface area (Å²) in [7, 11) is 1.38. The van der Waals surface area contributed by atoms with Gasteiger partial charge in [0.25, 0.3) is 5.91 Å². The second-order valence-electron chi connectivity index (χ2n) is 5.31.